The lowest BCUT2D eigenvalue weighted by atomic mass is 10.0. The van der Waals surface area contributed by atoms with E-state index in [1.807, 2.05) is 30.3 Å². The van der Waals surface area contributed by atoms with Crippen LogP contribution in [-0.4, -0.2) is 51.8 Å². The molecule has 160 valence electrons. The molecule has 0 radical (unpaired) electrons. The van der Waals surface area contributed by atoms with Crippen molar-refractivity contribution >= 4 is 38.9 Å². The van der Waals surface area contributed by atoms with E-state index in [4.69, 9.17) is 28.5 Å². The van der Waals surface area contributed by atoms with Crippen LogP contribution in [0.15, 0.2) is 42.5 Å². The first kappa shape index (κ1) is 22.9. The number of anilines is 1. The first-order valence-corrected chi connectivity index (χ1v) is 12.1. The van der Waals surface area contributed by atoms with Crippen molar-refractivity contribution in [2.75, 3.05) is 43.4 Å². The molecular formula is C21H24Cl2N4O2S. The second-order valence-electron chi connectivity index (χ2n) is 7.14. The number of hydrogen-bond acceptors (Lipinski definition) is 5. The average Bonchev–Trinajstić information content (AvgIpc) is 2.74. The molecule has 1 fully saturated rings. The van der Waals surface area contributed by atoms with Crippen molar-refractivity contribution in [3.05, 3.63) is 63.6 Å². The Morgan fingerprint density at radius 1 is 1.17 bits per heavy atom. The van der Waals surface area contributed by atoms with Crippen LogP contribution in [0.25, 0.3) is 0 Å². The summed E-state index contributed by atoms with van der Waals surface area (Å²) in [5, 5.41) is 10.3. The summed E-state index contributed by atoms with van der Waals surface area (Å²) < 4.78 is 26.0. The van der Waals surface area contributed by atoms with E-state index in [2.05, 4.69) is 20.6 Å². The summed E-state index contributed by atoms with van der Waals surface area (Å²) >= 11 is 12.6. The number of piperazine rings is 1. The zero-order chi connectivity index (χ0) is 21.7. The normalized spacial score (nSPS) is 17.7. The highest BCUT2D eigenvalue weighted by Crippen LogP contribution is 2.36. The number of sulfonamides is 1. The van der Waals surface area contributed by atoms with Crippen molar-refractivity contribution in [3.8, 4) is 6.07 Å². The van der Waals surface area contributed by atoms with Gasteiger partial charge in [-0.25, -0.2) is 13.1 Å². The number of nitriles is 1. The molecule has 1 aliphatic rings. The van der Waals surface area contributed by atoms with Crippen LogP contribution in [0.1, 0.15) is 24.1 Å². The minimum Gasteiger partial charge on any atom is -0.361 e. The molecule has 1 N–H and O–H groups in total. The van der Waals surface area contributed by atoms with E-state index in [-0.39, 0.29) is 11.8 Å². The molecule has 30 heavy (non-hydrogen) atoms. The van der Waals surface area contributed by atoms with Crippen LogP contribution in [-0.2, 0) is 10.0 Å². The van der Waals surface area contributed by atoms with Crippen molar-refractivity contribution < 1.29 is 8.42 Å². The molecule has 1 saturated heterocycles. The van der Waals surface area contributed by atoms with Crippen LogP contribution in [0.2, 0.25) is 10.0 Å². The molecule has 1 atom stereocenters. The standard InChI is InChI=1S/C21H24Cl2N4O2S/c1-2-30(28,29)25-9-10-26-11-12-27(20-8-3-16(14-24)13-19(20)23)21(15-26)17-4-6-18(22)7-5-17/h3-8,13,21,25H,2,9-12,15H2,1H3/t21-/m0/s1. The SMILES string of the molecule is CCS(=O)(=O)NCCN1CCN(c2ccc(C#N)cc2Cl)[C@H](c2ccc(Cl)cc2)C1. The molecule has 2 aromatic rings. The predicted octanol–water partition coefficient (Wildman–Crippen LogP) is 3.67. The highest BCUT2D eigenvalue weighted by atomic mass is 35.5. The van der Waals surface area contributed by atoms with Gasteiger partial charge in [0, 0.05) is 37.7 Å². The molecule has 0 aromatic heterocycles. The van der Waals surface area contributed by atoms with E-state index in [0.717, 1.165) is 24.3 Å². The number of hydrogen-bond donors (Lipinski definition) is 1. The van der Waals surface area contributed by atoms with Crippen LogP contribution in [0.4, 0.5) is 5.69 Å². The topological polar surface area (TPSA) is 76.4 Å². The van der Waals surface area contributed by atoms with Crippen molar-refractivity contribution in [2.24, 2.45) is 0 Å². The summed E-state index contributed by atoms with van der Waals surface area (Å²) in [6, 6.07) is 15.2. The van der Waals surface area contributed by atoms with Crippen molar-refractivity contribution in [3.63, 3.8) is 0 Å². The predicted molar refractivity (Wildman–Crippen MR) is 122 cm³/mol. The first-order chi connectivity index (χ1) is 14.3. The van der Waals surface area contributed by atoms with Gasteiger partial charge in [-0.2, -0.15) is 5.26 Å². The van der Waals surface area contributed by atoms with Crippen molar-refractivity contribution in [1.82, 2.24) is 9.62 Å². The maximum atomic E-state index is 11.7. The molecule has 1 aliphatic heterocycles. The van der Waals surface area contributed by atoms with Crippen LogP contribution < -0.4 is 9.62 Å². The van der Waals surface area contributed by atoms with Crippen LogP contribution in [0.3, 0.4) is 0 Å². The molecule has 2 aromatic carbocycles. The second kappa shape index (κ2) is 9.99. The van der Waals surface area contributed by atoms with Gasteiger partial charge in [0.15, 0.2) is 0 Å². The van der Waals surface area contributed by atoms with Gasteiger partial charge < -0.3 is 4.90 Å². The summed E-state index contributed by atoms with van der Waals surface area (Å²) in [4.78, 5) is 4.48. The van der Waals surface area contributed by atoms with E-state index < -0.39 is 10.0 Å². The molecule has 0 bridgehead atoms. The van der Waals surface area contributed by atoms with Gasteiger partial charge in [0.1, 0.15) is 0 Å². The third-order valence-corrected chi connectivity index (χ3v) is 7.19. The molecule has 0 unspecified atom stereocenters. The fourth-order valence-corrected chi connectivity index (χ4v) is 4.59. The molecule has 0 spiro atoms. The number of halogens is 2. The van der Waals surface area contributed by atoms with Gasteiger partial charge in [0.05, 0.1) is 34.1 Å². The van der Waals surface area contributed by atoms with Crippen molar-refractivity contribution in [1.29, 1.82) is 5.26 Å². The molecule has 9 heteroatoms. The van der Waals surface area contributed by atoms with Gasteiger partial charge in [0.25, 0.3) is 0 Å². The summed E-state index contributed by atoms with van der Waals surface area (Å²) in [6.07, 6.45) is 0. The Hall–Kier alpha value is -1.82. The maximum Gasteiger partial charge on any atom is 0.211 e. The average molecular weight is 467 g/mol. The van der Waals surface area contributed by atoms with Crippen LogP contribution in [0, 0.1) is 11.3 Å². The van der Waals surface area contributed by atoms with Crippen LogP contribution in [0.5, 0.6) is 0 Å². The molecule has 0 saturated carbocycles. The second-order valence-corrected chi connectivity index (χ2v) is 10.1. The third kappa shape index (κ3) is 5.65. The van der Waals surface area contributed by atoms with E-state index in [0.29, 0.717) is 35.2 Å². The number of benzene rings is 2. The third-order valence-electron chi connectivity index (χ3n) is 5.24. The van der Waals surface area contributed by atoms with Gasteiger partial charge in [-0.1, -0.05) is 35.3 Å². The summed E-state index contributed by atoms with van der Waals surface area (Å²) in [5.41, 5.74) is 2.49. The molecule has 0 aliphatic carbocycles. The van der Waals surface area contributed by atoms with Gasteiger partial charge >= 0.3 is 0 Å². The van der Waals surface area contributed by atoms with E-state index in [9.17, 15) is 8.42 Å². The monoisotopic (exact) mass is 466 g/mol. The molecule has 6 nitrogen and oxygen atoms in total. The van der Waals surface area contributed by atoms with Gasteiger partial charge in [-0.3, -0.25) is 4.90 Å². The highest BCUT2D eigenvalue weighted by molar-refractivity contribution is 7.89. The Kier molecular flexibility index (Phi) is 7.61. The van der Waals surface area contributed by atoms with Gasteiger partial charge in [-0.15, -0.1) is 0 Å². The van der Waals surface area contributed by atoms with Crippen LogP contribution >= 0.6 is 23.2 Å². The van der Waals surface area contributed by atoms with Crippen molar-refractivity contribution in [2.45, 2.75) is 13.0 Å². The fourth-order valence-electron chi connectivity index (χ4n) is 3.57. The Morgan fingerprint density at radius 2 is 1.90 bits per heavy atom. The van der Waals surface area contributed by atoms with E-state index >= 15 is 0 Å². The minimum absolute atomic E-state index is 0.0178. The fraction of sp³-hybridized carbons (Fsp3) is 0.381. The lowest BCUT2D eigenvalue weighted by Crippen LogP contribution is -2.50. The summed E-state index contributed by atoms with van der Waals surface area (Å²) in [5.74, 6) is 0.0748. The zero-order valence-electron chi connectivity index (χ0n) is 16.7. The Labute approximate surface area is 188 Å². The summed E-state index contributed by atoms with van der Waals surface area (Å²) in [7, 11) is -3.20. The smallest absolute Gasteiger partial charge is 0.211 e. The van der Waals surface area contributed by atoms with E-state index in [1.54, 1.807) is 19.1 Å². The Morgan fingerprint density at radius 3 is 2.53 bits per heavy atom. The molecular weight excluding hydrogens is 443 g/mol. The lowest BCUT2D eigenvalue weighted by molar-refractivity contribution is 0.227. The molecule has 1 heterocycles. The first-order valence-electron chi connectivity index (χ1n) is 9.74. The molecule has 0 amide bonds. The minimum atomic E-state index is -3.20. The Balaban J connectivity index is 1.82. The maximum absolute atomic E-state index is 11.7. The largest absolute Gasteiger partial charge is 0.361 e. The number of rotatable bonds is 7. The zero-order valence-corrected chi connectivity index (χ0v) is 19.0. The Bertz CT molecular complexity index is 1020. The van der Waals surface area contributed by atoms with Gasteiger partial charge in [-0.05, 0) is 42.8 Å². The quantitative estimate of drug-likeness (QED) is 0.673. The lowest BCUT2D eigenvalue weighted by Gasteiger charge is -2.43. The van der Waals surface area contributed by atoms with Gasteiger partial charge in [0.2, 0.25) is 10.0 Å². The number of nitrogens with one attached hydrogen (secondary N) is 1. The van der Waals surface area contributed by atoms with E-state index in [1.165, 1.54) is 0 Å². The number of nitrogens with zero attached hydrogens (tertiary/aromatic N) is 3. The molecule has 3 rings (SSSR count). The highest BCUT2D eigenvalue weighted by Gasteiger charge is 2.29. The summed E-state index contributed by atoms with van der Waals surface area (Å²) in [6.45, 7) is 4.83.